The molecule has 0 aliphatic carbocycles. The van der Waals surface area contributed by atoms with Crippen LogP contribution in [0.4, 0.5) is 5.69 Å². The highest BCUT2D eigenvalue weighted by molar-refractivity contribution is 14.1. The molecule has 6 heteroatoms. The number of carbonyl (C=O) groups excluding carboxylic acids is 1. The minimum Gasteiger partial charge on any atom is -0.486 e. The van der Waals surface area contributed by atoms with Crippen LogP contribution in [-0.4, -0.2) is 37.6 Å². The Labute approximate surface area is 155 Å². The maximum atomic E-state index is 12.2. The lowest BCUT2D eigenvalue weighted by molar-refractivity contribution is -0.117. The quantitative estimate of drug-likeness (QED) is 0.730. The molecule has 0 fully saturated rings. The van der Waals surface area contributed by atoms with E-state index in [4.69, 9.17) is 9.47 Å². The van der Waals surface area contributed by atoms with Crippen molar-refractivity contribution in [3.63, 3.8) is 0 Å². The van der Waals surface area contributed by atoms with Gasteiger partial charge in [0.15, 0.2) is 11.5 Å². The minimum atomic E-state index is -0.0305. The summed E-state index contributed by atoms with van der Waals surface area (Å²) in [5.74, 6) is 1.52. The third-order valence-electron chi connectivity index (χ3n) is 3.58. The van der Waals surface area contributed by atoms with E-state index in [9.17, 15) is 4.79 Å². The number of carbonyl (C=O) groups is 1. The molecule has 5 nitrogen and oxygen atoms in total. The van der Waals surface area contributed by atoms with Crippen LogP contribution in [-0.2, 0) is 11.3 Å². The molecule has 1 amide bonds. The fourth-order valence-electron chi connectivity index (χ4n) is 2.57. The van der Waals surface area contributed by atoms with Crippen molar-refractivity contribution in [1.82, 2.24) is 4.90 Å². The summed E-state index contributed by atoms with van der Waals surface area (Å²) in [6.07, 6.45) is 0. The van der Waals surface area contributed by atoms with Crippen molar-refractivity contribution in [2.45, 2.75) is 6.54 Å². The first-order chi connectivity index (χ1) is 11.6. The summed E-state index contributed by atoms with van der Waals surface area (Å²) in [6.45, 7) is 2.14. The van der Waals surface area contributed by atoms with Gasteiger partial charge in [0.2, 0.25) is 5.91 Å². The van der Waals surface area contributed by atoms with E-state index in [0.717, 1.165) is 26.3 Å². The zero-order valence-corrected chi connectivity index (χ0v) is 15.6. The molecule has 1 aliphatic rings. The third kappa shape index (κ3) is 4.61. The molecule has 1 heterocycles. The average Bonchev–Trinajstić information content (AvgIpc) is 2.54. The molecule has 0 radical (unpaired) electrons. The van der Waals surface area contributed by atoms with Crippen molar-refractivity contribution in [1.29, 1.82) is 0 Å². The SMILES string of the molecule is CN(CC(=O)Nc1cccc(I)c1)Cc1ccc2c(c1)OCCO2. The first-order valence-corrected chi connectivity index (χ1v) is 8.80. The van der Waals surface area contributed by atoms with E-state index in [1.807, 2.05) is 54.4 Å². The van der Waals surface area contributed by atoms with Crippen LogP contribution >= 0.6 is 22.6 Å². The third-order valence-corrected chi connectivity index (χ3v) is 4.25. The molecular weight excluding hydrogens is 419 g/mol. The molecule has 0 spiro atoms. The predicted octanol–water partition coefficient (Wildman–Crippen LogP) is 3.13. The maximum Gasteiger partial charge on any atom is 0.238 e. The number of halogens is 1. The number of nitrogens with zero attached hydrogens (tertiary/aromatic N) is 1. The maximum absolute atomic E-state index is 12.2. The van der Waals surface area contributed by atoms with Gasteiger partial charge in [0, 0.05) is 15.8 Å². The average molecular weight is 438 g/mol. The van der Waals surface area contributed by atoms with Crippen molar-refractivity contribution in [3.8, 4) is 11.5 Å². The Morgan fingerprint density at radius 2 is 1.96 bits per heavy atom. The van der Waals surface area contributed by atoms with Gasteiger partial charge in [-0.25, -0.2) is 0 Å². The van der Waals surface area contributed by atoms with E-state index < -0.39 is 0 Å². The lowest BCUT2D eigenvalue weighted by Crippen LogP contribution is -2.29. The smallest absolute Gasteiger partial charge is 0.238 e. The van der Waals surface area contributed by atoms with Gasteiger partial charge in [-0.2, -0.15) is 0 Å². The number of ether oxygens (including phenoxy) is 2. The summed E-state index contributed by atoms with van der Waals surface area (Å²) >= 11 is 2.23. The second-order valence-corrected chi connectivity index (χ2v) is 6.95. The molecule has 0 saturated heterocycles. The van der Waals surface area contributed by atoms with E-state index in [2.05, 4.69) is 27.9 Å². The summed E-state index contributed by atoms with van der Waals surface area (Å²) in [5, 5.41) is 2.92. The van der Waals surface area contributed by atoms with Gasteiger partial charge < -0.3 is 14.8 Å². The number of fused-ring (bicyclic) bond motifs is 1. The number of hydrogen-bond donors (Lipinski definition) is 1. The highest BCUT2D eigenvalue weighted by Crippen LogP contribution is 2.31. The standard InChI is InChI=1S/C18H19IN2O3/c1-21(12-18(22)20-15-4-2-3-14(19)10-15)11-13-5-6-16-17(9-13)24-8-7-23-16/h2-6,9-10H,7-8,11-12H2,1H3,(H,20,22). The van der Waals surface area contributed by atoms with E-state index in [1.54, 1.807) is 0 Å². The van der Waals surface area contributed by atoms with Gasteiger partial charge in [-0.3, -0.25) is 9.69 Å². The molecule has 2 aromatic carbocycles. The number of nitrogens with one attached hydrogen (secondary N) is 1. The van der Waals surface area contributed by atoms with Gasteiger partial charge in [-0.15, -0.1) is 0 Å². The Bertz CT molecular complexity index is 736. The monoisotopic (exact) mass is 438 g/mol. The minimum absolute atomic E-state index is 0.0305. The number of hydrogen-bond acceptors (Lipinski definition) is 4. The number of amides is 1. The van der Waals surface area contributed by atoms with Crippen molar-refractivity contribution >= 4 is 34.2 Å². The molecule has 1 N–H and O–H groups in total. The normalized spacial score (nSPS) is 13.0. The Morgan fingerprint density at radius 3 is 2.75 bits per heavy atom. The molecular formula is C18H19IN2O3. The van der Waals surface area contributed by atoms with Gasteiger partial charge in [0.1, 0.15) is 13.2 Å². The van der Waals surface area contributed by atoms with Crippen molar-refractivity contribution in [3.05, 3.63) is 51.6 Å². The van der Waals surface area contributed by atoms with Crippen molar-refractivity contribution in [2.24, 2.45) is 0 Å². The van der Waals surface area contributed by atoms with Gasteiger partial charge >= 0.3 is 0 Å². The number of anilines is 1. The molecule has 1 aliphatic heterocycles. The number of likely N-dealkylation sites (N-methyl/N-ethyl adjacent to an activating group) is 1. The summed E-state index contributed by atoms with van der Waals surface area (Å²) in [7, 11) is 1.92. The highest BCUT2D eigenvalue weighted by Gasteiger charge is 2.13. The molecule has 2 aromatic rings. The van der Waals surface area contributed by atoms with Crippen LogP contribution < -0.4 is 14.8 Å². The largest absolute Gasteiger partial charge is 0.486 e. The summed E-state index contributed by atoms with van der Waals surface area (Å²) < 4.78 is 12.2. The highest BCUT2D eigenvalue weighted by atomic mass is 127. The molecule has 0 saturated carbocycles. The summed E-state index contributed by atoms with van der Waals surface area (Å²) in [6, 6.07) is 13.6. The van der Waals surface area contributed by atoms with Crippen molar-refractivity contribution in [2.75, 3.05) is 32.1 Å². The summed E-state index contributed by atoms with van der Waals surface area (Å²) in [5.41, 5.74) is 1.91. The molecule has 3 rings (SSSR count). The lowest BCUT2D eigenvalue weighted by atomic mass is 10.2. The number of benzene rings is 2. The first kappa shape index (κ1) is 17.0. The van der Waals surface area contributed by atoms with Crippen LogP contribution in [0.1, 0.15) is 5.56 Å². The first-order valence-electron chi connectivity index (χ1n) is 7.72. The van der Waals surface area contributed by atoms with Crippen LogP contribution in [0.15, 0.2) is 42.5 Å². The van der Waals surface area contributed by atoms with Gasteiger partial charge in [-0.05, 0) is 65.5 Å². The predicted molar refractivity (Wildman–Crippen MR) is 102 cm³/mol. The Kier molecular flexibility index (Phi) is 5.57. The van der Waals surface area contributed by atoms with Crippen molar-refractivity contribution < 1.29 is 14.3 Å². The van der Waals surface area contributed by atoms with Crippen LogP contribution in [0.5, 0.6) is 11.5 Å². The molecule has 24 heavy (non-hydrogen) atoms. The second kappa shape index (κ2) is 7.85. The van der Waals surface area contributed by atoms with E-state index >= 15 is 0 Å². The fourth-order valence-corrected chi connectivity index (χ4v) is 3.11. The second-order valence-electron chi connectivity index (χ2n) is 5.71. The van der Waals surface area contributed by atoms with Gasteiger partial charge in [0.05, 0.1) is 6.54 Å². The molecule has 0 bridgehead atoms. The van der Waals surface area contributed by atoms with E-state index in [1.165, 1.54) is 0 Å². The zero-order valence-electron chi connectivity index (χ0n) is 13.4. The number of rotatable bonds is 5. The summed E-state index contributed by atoms with van der Waals surface area (Å²) in [4.78, 5) is 14.1. The van der Waals surface area contributed by atoms with Crippen LogP contribution in [0, 0.1) is 3.57 Å². The molecule has 0 atom stereocenters. The lowest BCUT2D eigenvalue weighted by Gasteiger charge is -2.21. The fraction of sp³-hybridized carbons (Fsp3) is 0.278. The molecule has 126 valence electrons. The van der Waals surface area contributed by atoms with Crippen LogP contribution in [0.3, 0.4) is 0 Å². The van der Waals surface area contributed by atoms with E-state index in [0.29, 0.717) is 26.3 Å². The molecule has 0 unspecified atom stereocenters. The molecule has 0 aromatic heterocycles. The Balaban J connectivity index is 1.55. The zero-order chi connectivity index (χ0) is 16.9. The van der Waals surface area contributed by atoms with Gasteiger partial charge in [-0.1, -0.05) is 12.1 Å². The van der Waals surface area contributed by atoms with E-state index in [-0.39, 0.29) is 5.91 Å². The Hall–Kier alpha value is -1.80. The Morgan fingerprint density at radius 1 is 1.17 bits per heavy atom. The van der Waals surface area contributed by atoms with Crippen LogP contribution in [0.25, 0.3) is 0 Å². The van der Waals surface area contributed by atoms with Crippen LogP contribution in [0.2, 0.25) is 0 Å². The van der Waals surface area contributed by atoms with Gasteiger partial charge in [0.25, 0.3) is 0 Å². The topological polar surface area (TPSA) is 50.8 Å².